The Morgan fingerprint density at radius 3 is 2.65 bits per heavy atom. The van der Waals surface area contributed by atoms with Crippen molar-refractivity contribution in [2.45, 2.75) is 58.0 Å². The van der Waals surface area contributed by atoms with Crippen LogP contribution in [0.15, 0.2) is 6.20 Å². The summed E-state index contributed by atoms with van der Waals surface area (Å²) in [5.74, 6) is -0.0634. The van der Waals surface area contributed by atoms with E-state index in [2.05, 4.69) is 22.7 Å². The highest BCUT2D eigenvalue weighted by molar-refractivity contribution is 6.09. The third kappa shape index (κ3) is 3.20. The number of rotatable bonds is 4. The standard InChI is InChI=1S/C18H27N5O3/c1-11-5-7-18(8-6-11)16(25)23(17(26)21-18)10-15(24)20-12(2)14-9-19-22(4)13(14)3/h9,11-12H,5-8,10H2,1-4H3,(H,20,24)(H,21,26)/t11?,12-,18?/m1/s1. The van der Waals surface area contributed by atoms with Crippen molar-refractivity contribution in [1.82, 2.24) is 25.3 Å². The lowest BCUT2D eigenvalue weighted by Crippen LogP contribution is -2.50. The third-order valence-electron chi connectivity index (χ3n) is 5.79. The Balaban J connectivity index is 1.63. The maximum Gasteiger partial charge on any atom is 0.325 e. The van der Waals surface area contributed by atoms with Gasteiger partial charge in [0.25, 0.3) is 5.91 Å². The van der Waals surface area contributed by atoms with Crippen LogP contribution in [0.3, 0.4) is 0 Å². The molecule has 0 radical (unpaired) electrons. The van der Waals surface area contributed by atoms with Gasteiger partial charge in [-0.25, -0.2) is 4.79 Å². The van der Waals surface area contributed by atoms with Gasteiger partial charge in [-0.2, -0.15) is 5.10 Å². The van der Waals surface area contributed by atoms with Crippen LogP contribution < -0.4 is 10.6 Å². The lowest BCUT2D eigenvalue weighted by Gasteiger charge is -2.33. The summed E-state index contributed by atoms with van der Waals surface area (Å²) in [6, 6.07) is -0.716. The molecule has 1 aromatic heterocycles. The molecule has 1 aromatic rings. The fraction of sp³-hybridized carbons (Fsp3) is 0.667. The van der Waals surface area contributed by atoms with Crippen molar-refractivity contribution in [2.75, 3.05) is 6.54 Å². The summed E-state index contributed by atoms with van der Waals surface area (Å²) in [7, 11) is 1.84. The first kappa shape index (κ1) is 18.4. The van der Waals surface area contributed by atoms with E-state index in [0.29, 0.717) is 18.8 Å². The second-order valence-electron chi connectivity index (χ2n) is 7.68. The molecule has 1 aliphatic heterocycles. The molecule has 3 rings (SSSR count). The maximum absolute atomic E-state index is 12.8. The molecule has 1 spiro atoms. The monoisotopic (exact) mass is 361 g/mol. The van der Waals surface area contributed by atoms with Crippen molar-refractivity contribution < 1.29 is 14.4 Å². The highest BCUT2D eigenvalue weighted by Crippen LogP contribution is 2.36. The summed E-state index contributed by atoms with van der Waals surface area (Å²) in [5, 5.41) is 9.86. The van der Waals surface area contributed by atoms with Crippen molar-refractivity contribution >= 4 is 17.8 Å². The van der Waals surface area contributed by atoms with Crippen molar-refractivity contribution in [2.24, 2.45) is 13.0 Å². The number of amides is 4. The second kappa shape index (κ2) is 6.74. The van der Waals surface area contributed by atoms with Crippen LogP contribution in [-0.2, 0) is 16.6 Å². The molecular formula is C18H27N5O3. The number of carbonyl (C=O) groups is 3. The molecule has 1 saturated heterocycles. The lowest BCUT2D eigenvalue weighted by atomic mass is 9.77. The largest absolute Gasteiger partial charge is 0.348 e. The molecule has 0 unspecified atom stereocenters. The summed E-state index contributed by atoms with van der Waals surface area (Å²) >= 11 is 0. The normalized spacial score (nSPS) is 26.9. The molecule has 26 heavy (non-hydrogen) atoms. The van der Waals surface area contributed by atoms with Gasteiger partial charge in [0.2, 0.25) is 5.91 Å². The SMILES string of the molecule is Cc1c([C@@H](C)NC(=O)CN2C(=O)NC3(CCC(C)CC3)C2=O)cnn1C. The number of hydrogen-bond donors (Lipinski definition) is 2. The zero-order valence-electron chi connectivity index (χ0n) is 15.8. The van der Waals surface area contributed by atoms with E-state index < -0.39 is 11.6 Å². The Morgan fingerprint density at radius 2 is 2.08 bits per heavy atom. The molecule has 0 bridgehead atoms. The minimum absolute atomic E-state index is 0.249. The fourth-order valence-corrected chi connectivity index (χ4v) is 3.86. The van der Waals surface area contributed by atoms with Crippen molar-refractivity contribution in [1.29, 1.82) is 0 Å². The highest BCUT2D eigenvalue weighted by atomic mass is 16.2. The quantitative estimate of drug-likeness (QED) is 0.793. The Hall–Kier alpha value is -2.38. The van der Waals surface area contributed by atoms with E-state index in [4.69, 9.17) is 0 Å². The topological polar surface area (TPSA) is 96.3 Å². The van der Waals surface area contributed by atoms with E-state index in [1.165, 1.54) is 0 Å². The molecule has 2 aliphatic rings. The van der Waals surface area contributed by atoms with E-state index in [-0.39, 0.29) is 24.4 Å². The van der Waals surface area contributed by atoms with Gasteiger partial charge in [0.05, 0.1) is 12.2 Å². The average Bonchev–Trinajstić information content (AvgIpc) is 3.03. The Bertz CT molecular complexity index is 733. The summed E-state index contributed by atoms with van der Waals surface area (Å²) < 4.78 is 1.74. The van der Waals surface area contributed by atoms with Gasteiger partial charge in [-0.1, -0.05) is 6.92 Å². The second-order valence-corrected chi connectivity index (χ2v) is 7.68. The fourth-order valence-electron chi connectivity index (χ4n) is 3.86. The van der Waals surface area contributed by atoms with Crippen LogP contribution in [0.2, 0.25) is 0 Å². The van der Waals surface area contributed by atoms with Gasteiger partial charge in [-0.15, -0.1) is 0 Å². The van der Waals surface area contributed by atoms with Crippen LogP contribution in [0, 0.1) is 12.8 Å². The molecule has 2 heterocycles. The van der Waals surface area contributed by atoms with E-state index in [0.717, 1.165) is 29.0 Å². The number of imide groups is 1. The molecule has 2 fully saturated rings. The summed E-state index contributed by atoms with van der Waals surface area (Å²) in [6.07, 6.45) is 4.81. The zero-order valence-corrected chi connectivity index (χ0v) is 15.8. The Morgan fingerprint density at radius 1 is 1.42 bits per heavy atom. The minimum atomic E-state index is -0.810. The van der Waals surface area contributed by atoms with Crippen LogP contribution in [-0.4, -0.2) is 44.6 Å². The number of nitrogens with one attached hydrogen (secondary N) is 2. The molecule has 8 nitrogen and oxygen atoms in total. The Kier molecular flexibility index (Phi) is 4.77. The van der Waals surface area contributed by atoms with Gasteiger partial charge in [-0.05, 0) is 45.4 Å². The minimum Gasteiger partial charge on any atom is -0.348 e. The first-order valence-corrected chi connectivity index (χ1v) is 9.15. The van der Waals surface area contributed by atoms with Crippen LogP contribution in [0.25, 0.3) is 0 Å². The number of aromatic nitrogens is 2. The third-order valence-corrected chi connectivity index (χ3v) is 5.79. The average molecular weight is 361 g/mol. The first-order chi connectivity index (χ1) is 12.2. The molecule has 4 amide bonds. The van der Waals surface area contributed by atoms with E-state index >= 15 is 0 Å². The predicted octanol–water partition coefficient (Wildman–Crippen LogP) is 1.41. The van der Waals surface area contributed by atoms with Gasteiger partial charge in [-0.3, -0.25) is 19.2 Å². The first-order valence-electron chi connectivity index (χ1n) is 9.15. The molecule has 2 N–H and O–H groups in total. The number of hydrogen-bond acceptors (Lipinski definition) is 4. The maximum atomic E-state index is 12.8. The molecule has 0 aromatic carbocycles. The van der Waals surface area contributed by atoms with Gasteiger partial charge in [0, 0.05) is 18.3 Å². The lowest BCUT2D eigenvalue weighted by molar-refractivity contribution is -0.136. The molecule has 1 atom stereocenters. The van der Waals surface area contributed by atoms with Gasteiger partial charge in [0.1, 0.15) is 12.1 Å². The zero-order chi connectivity index (χ0) is 19.1. The highest BCUT2D eigenvalue weighted by Gasteiger charge is 2.52. The molecule has 1 saturated carbocycles. The molecule has 1 aliphatic carbocycles. The molecular weight excluding hydrogens is 334 g/mol. The van der Waals surface area contributed by atoms with E-state index in [9.17, 15) is 14.4 Å². The summed E-state index contributed by atoms with van der Waals surface area (Å²) in [4.78, 5) is 38.5. The van der Waals surface area contributed by atoms with Crippen LogP contribution in [0.5, 0.6) is 0 Å². The number of carbonyl (C=O) groups excluding carboxylic acids is 3. The van der Waals surface area contributed by atoms with Crippen LogP contribution >= 0.6 is 0 Å². The summed E-state index contributed by atoms with van der Waals surface area (Å²) in [6.45, 7) is 5.68. The van der Waals surface area contributed by atoms with Gasteiger partial charge in [0.15, 0.2) is 0 Å². The van der Waals surface area contributed by atoms with Crippen LogP contribution in [0.4, 0.5) is 4.79 Å². The van der Waals surface area contributed by atoms with E-state index in [1.54, 1.807) is 10.9 Å². The Labute approximate surface area is 153 Å². The number of urea groups is 1. The van der Waals surface area contributed by atoms with Gasteiger partial charge >= 0.3 is 6.03 Å². The van der Waals surface area contributed by atoms with Crippen LogP contribution in [0.1, 0.15) is 56.8 Å². The summed E-state index contributed by atoms with van der Waals surface area (Å²) in [5.41, 5.74) is 1.06. The van der Waals surface area contributed by atoms with Crippen molar-refractivity contribution in [3.8, 4) is 0 Å². The van der Waals surface area contributed by atoms with Crippen molar-refractivity contribution in [3.63, 3.8) is 0 Å². The van der Waals surface area contributed by atoms with Crippen molar-refractivity contribution in [3.05, 3.63) is 17.5 Å². The number of nitrogens with zero attached hydrogens (tertiary/aromatic N) is 3. The number of aryl methyl sites for hydroxylation is 1. The van der Waals surface area contributed by atoms with Gasteiger partial charge < -0.3 is 10.6 Å². The smallest absolute Gasteiger partial charge is 0.325 e. The predicted molar refractivity (Wildman–Crippen MR) is 95.1 cm³/mol. The molecule has 8 heteroatoms. The van der Waals surface area contributed by atoms with E-state index in [1.807, 2.05) is 20.9 Å². The molecule has 142 valence electrons.